The van der Waals surface area contributed by atoms with Crippen molar-refractivity contribution in [1.29, 1.82) is 0 Å². The fraction of sp³-hybridized carbons (Fsp3) is 1.00. The molecule has 0 fully saturated rings. The van der Waals surface area contributed by atoms with Crippen molar-refractivity contribution >= 4 is 0 Å². The Morgan fingerprint density at radius 3 is 1.83 bits per heavy atom. The minimum absolute atomic E-state index is 0.274. The SMILES string of the molecule is COC(OC)C(C)(CN)N(C)C. The summed E-state index contributed by atoms with van der Waals surface area (Å²) in [5.41, 5.74) is 5.38. The topological polar surface area (TPSA) is 47.7 Å². The minimum Gasteiger partial charge on any atom is -0.354 e. The van der Waals surface area contributed by atoms with Crippen LogP contribution in [0.25, 0.3) is 0 Å². The highest BCUT2D eigenvalue weighted by Gasteiger charge is 2.35. The maximum absolute atomic E-state index is 5.66. The van der Waals surface area contributed by atoms with E-state index in [0.717, 1.165) is 0 Å². The van der Waals surface area contributed by atoms with Gasteiger partial charge in [-0.25, -0.2) is 0 Å². The second kappa shape index (κ2) is 4.77. The zero-order valence-electron chi connectivity index (χ0n) is 8.63. The molecule has 0 heterocycles. The Kier molecular flexibility index (Phi) is 4.70. The summed E-state index contributed by atoms with van der Waals surface area (Å²) in [5, 5.41) is 0. The van der Waals surface area contributed by atoms with E-state index in [1.165, 1.54) is 0 Å². The molecule has 0 bridgehead atoms. The number of ether oxygens (including phenoxy) is 2. The lowest BCUT2D eigenvalue weighted by Gasteiger charge is -2.40. The van der Waals surface area contributed by atoms with Crippen molar-refractivity contribution in [3.63, 3.8) is 0 Å². The molecule has 0 spiro atoms. The van der Waals surface area contributed by atoms with E-state index < -0.39 is 0 Å². The summed E-state index contributed by atoms with van der Waals surface area (Å²) in [7, 11) is 7.15. The number of hydrogen-bond acceptors (Lipinski definition) is 4. The van der Waals surface area contributed by atoms with Crippen molar-refractivity contribution in [2.45, 2.75) is 18.8 Å². The molecule has 1 unspecified atom stereocenters. The molecule has 1 atom stereocenters. The molecule has 0 aromatic rings. The Morgan fingerprint density at radius 2 is 1.75 bits per heavy atom. The van der Waals surface area contributed by atoms with Crippen molar-refractivity contribution < 1.29 is 9.47 Å². The fourth-order valence-electron chi connectivity index (χ4n) is 1.09. The lowest BCUT2D eigenvalue weighted by atomic mass is 10.0. The lowest BCUT2D eigenvalue weighted by molar-refractivity contribution is -0.173. The highest BCUT2D eigenvalue weighted by Crippen LogP contribution is 2.17. The highest BCUT2D eigenvalue weighted by atomic mass is 16.7. The van der Waals surface area contributed by atoms with Crippen molar-refractivity contribution in [2.24, 2.45) is 5.73 Å². The molecule has 0 aliphatic carbocycles. The monoisotopic (exact) mass is 176 g/mol. The van der Waals surface area contributed by atoms with Crippen LogP contribution in [0.1, 0.15) is 6.92 Å². The third-order valence-electron chi connectivity index (χ3n) is 2.37. The average molecular weight is 176 g/mol. The fourth-order valence-corrected chi connectivity index (χ4v) is 1.09. The maximum atomic E-state index is 5.66. The number of likely N-dealkylation sites (N-methyl/N-ethyl adjacent to an activating group) is 1. The van der Waals surface area contributed by atoms with E-state index >= 15 is 0 Å². The van der Waals surface area contributed by atoms with Crippen LogP contribution >= 0.6 is 0 Å². The van der Waals surface area contributed by atoms with Gasteiger partial charge < -0.3 is 15.2 Å². The molecule has 12 heavy (non-hydrogen) atoms. The zero-order valence-corrected chi connectivity index (χ0v) is 8.63. The predicted octanol–water partition coefficient (Wildman–Crippen LogP) is -0.116. The van der Waals surface area contributed by atoms with Gasteiger partial charge >= 0.3 is 0 Å². The second-order valence-corrected chi connectivity index (χ2v) is 3.26. The van der Waals surface area contributed by atoms with E-state index in [0.29, 0.717) is 6.54 Å². The van der Waals surface area contributed by atoms with Gasteiger partial charge in [-0.2, -0.15) is 0 Å². The molecule has 0 saturated carbocycles. The molecule has 0 amide bonds. The summed E-state index contributed by atoms with van der Waals surface area (Å²) in [6.07, 6.45) is -0.294. The van der Waals surface area contributed by atoms with Crippen molar-refractivity contribution in [2.75, 3.05) is 34.9 Å². The molecule has 0 saturated heterocycles. The minimum atomic E-state index is -0.294. The molecule has 4 heteroatoms. The maximum Gasteiger partial charge on any atom is 0.176 e. The molecule has 0 radical (unpaired) electrons. The molecule has 2 N–H and O–H groups in total. The summed E-state index contributed by atoms with van der Waals surface area (Å²) in [4.78, 5) is 2.00. The van der Waals surface area contributed by atoms with Crippen molar-refractivity contribution in [3.8, 4) is 0 Å². The molecule has 74 valence electrons. The molecule has 0 aromatic heterocycles. The second-order valence-electron chi connectivity index (χ2n) is 3.26. The summed E-state index contributed by atoms with van der Waals surface area (Å²) < 4.78 is 10.3. The summed E-state index contributed by atoms with van der Waals surface area (Å²) in [6.45, 7) is 2.50. The molecule has 0 aliphatic heterocycles. The van der Waals surface area contributed by atoms with Gasteiger partial charge in [0.15, 0.2) is 6.29 Å². The van der Waals surface area contributed by atoms with E-state index in [4.69, 9.17) is 15.2 Å². The van der Waals surface area contributed by atoms with E-state index in [9.17, 15) is 0 Å². The first-order chi connectivity index (χ1) is 5.52. The van der Waals surface area contributed by atoms with Gasteiger partial charge in [0.1, 0.15) is 0 Å². The zero-order chi connectivity index (χ0) is 9.78. The number of nitrogens with two attached hydrogens (primary N) is 1. The lowest BCUT2D eigenvalue weighted by Crippen LogP contribution is -2.57. The van der Waals surface area contributed by atoms with Crippen LogP contribution in [-0.2, 0) is 9.47 Å². The first-order valence-electron chi connectivity index (χ1n) is 3.96. The van der Waals surface area contributed by atoms with E-state index in [1.54, 1.807) is 14.2 Å². The first kappa shape index (κ1) is 11.8. The molecule has 4 nitrogen and oxygen atoms in total. The van der Waals surface area contributed by atoms with Crippen molar-refractivity contribution in [3.05, 3.63) is 0 Å². The van der Waals surface area contributed by atoms with Gasteiger partial charge in [-0.15, -0.1) is 0 Å². The number of hydrogen-bond donors (Lipinski definition) is 1. The Morgan fingerprint density at radius 1 is 1.33 bits per heavy atom. The predicted molar refractivity (Wildman–Crippen MR) is 49.0 cm³/mol. The molecular weight excluding hydrogens is 156 g/mol. The molecular formula is C8H20N2O2. The third kappa shape index (κ3) is 2.17. The first-order valence-corrected chi connectivity index (χ1v) is 3.96. The largest absolute Gasteiger partial charge is 0.354 e. The Bertz CT molecular complexity index is 126. The van der Waals surface area contributed by atoms with Crippen LogP contribution in [0.3, 0.4) is 0 Å². The van der Waals surface area contributed by atoms with Gasteiger partial charge in [0, 0.05) is 20.8 Å². The van der Waals surface area contributed by atoms with Gasteiger partial charge in [0.2, 0.25) is 0 Å². The van der Waals surface area contributed by atoms with Crippen LogP contribution < -0.4 is 5.73 Å². The normalized spacial score (nSPS) is 17.0. The molecule has 0 aromatic carbocycles. The summed E-state index contributed by atoms with van der Waals surface area (Å²) >= 11 is 0. The Balaban J connectivity index is 4.47. The smallest absolute Gasteiger partial charge is 0.176 e. The van der Waals surface area contributed by atoms with Crippen molar-refractivity contribution in [1.82, 2.24) is 4.90 Å². The Labute approximate surface area is 74.6 Å². The third-order valence-corrected chi connectivity index (χ3v) is 2.37. The van der Waals surface area contributed by atoms with E-state index in [2.05, 4.69) is 0 Å². The standard InChI is InChI=1S/C8H20N2O2/c1-8(6-9,10(2)3)7(11-4)12-5/h7H,6,9H2,1-5H3. The number of rotatable bonds is 5. The van der Waals surface area contributed by atoms with Gasteiger partial charge in [0.25, 0.3) is 0 Å². The van der Waals surface area contributed by atoms with Crippen LogP contribution in [-0.4, -0.2) is 51.6 Å². The number of methoxy groups -OCH3 is 2. The summed E-state index contributed by atoms with van der Waals surface area (Å²) in [6, 6.07) is 0. The highest BCUT2D eigenvalue weighted by molar-refractivity contribution is 4.87. The quantitative estimate of drug-likeness (QED) is 0.593. The van der Waals surface area contributed by atoms with Crippen LogP contribution in [0.4, 0.5) is 0 Å². The molecule has 0 rings (SSSR count). The summed E-state index contributed by atoms with van der Waals surface area (Å²) in [5.74, 6) is 0. The van der Waals surface area contributed by atoms with Crippen LogP contribution in [0.2, 0.25) is 0 Å². The van der Waals surface area contributed by atoms with Gasteiger partial charge in [-0.1, -0.05) is 0 Å². The average Bonchev–Trinajstić information content (AvgIpc) is 2.05. The van der Waals surface area contributed by atoms with Gasteiger partial charge in [-0.3, -0.25) is 4.90 Å². The molecule has 0 aliphatic rings. The van der Waals surface area contributed by atoms with E-state index in [1.807, 2.05) is 25.9 Å². The van der Waals surface area contributed by atoms with Crippen LogP contribution in [0, 0.1) is 0 Å². The van der Waals surface area contributed by atoms with Crippen LogP contribution in [0.5, 0.6) is 0 Å². The van der Waals surface area contributed by atoms with Gasteiger partial charge in [-0.05, 0) is 21.0 Å². The van der Waals surface area contributed by atoms with Gasteiger partial charge in [0.05, 0.1) is 5.54 Å². The number of nitrogens with zero attached hydrogens (tertiary/aromatic N) is 1. The Hall–Kier alpha value is -0.160. The van der Waals surface area contributed by atoms with E-state index in [-0.39, 0.29) is 11.8 Å². The van der Waals surface area contributed by atoms with Crippen LogP contribution in [0.15, 0.2) is 0 Å².